The molecule has 2 heteroatoms. The van der Waals surface area contributed by atoms with Crippen LogP contribution in [0.25, 0.3) is 0 Å². The summed E-state index contributed by atoms with van der Waals surface area (Å²) < 4.78 is 5.35. The van der Waals surface area contributed by atoms with Crippen molar-refractivity contribution in [3.63, 3.8) is 0 Å². The van der Waals surface area contributed by atoms with E-state index in [1.54, 1.807) is 0 Å². The molecule has 1 unspecified atom stereocenters. The Labute approximate surface area is 87.4 Å². The van der Waals surface area contributed by atoms with E-state index in [9.17, 15) is 0 Å². The van der Waals surface area contributed by atoms with Crippen LogP contribution in [0.4, 0.5) is 0 Å². The van der Waals surface area contributed by atoms with Gasteiger partial charge in [0.25, 0.3) is 0 Å². The highest BCUT2D eigenvalue weighted by atomic mass is 16.5. The van der Waals surface area contributed by atoms with E-state index in [2.05, 4.69) is 12.2 Å². The van der Waals surface area contributed by atoms with Gasteiger partial charge in [0.15, 0.2) is 0 Å². The van der Waals surface area contributed by atoms with Crippen molar-refractivity contribution < 1.29 is 4.74 Å². The van der Waals surface area contributed by atoms with Gasteiger partial charge in [-0.25, -0.2) is 0 Å². The molecule has 1 N–H and O–H groups in total. The van der Waals surface area contributed by atoms with Gasteiger partial charge in [-0.1, -0.05) is 12.8 Å². The van der Waals surface area contributed by atoms with E-state index in [1.165, 1.54) is 38.6 Å². The molecule has 14 heavy (non-hydrogen) atoms. The van der Waals surface area contributed by atoms with Gasteiger partial charge in [-0.15, -0.1) is 0 Å². The number of rotatable bonds is 5. The maximum Gasteiger partial charge on any atom is 0.0469 e. The standard InChI is InChI=1S/C12H23NO/c1-10(8-11-2-3-11)13-9-12-4-6-14-7-5-12/h10-13H,2-9H2,1H3. The van der Waals surface area contributed by atoms with Gasteiger partial charge in [0.1, 0.15) is 0 Å². The molecule has 0 spiro atoms. The fraction of sp³-hybridized carbons (Fsp3) is 1.00. The van der Waals surface area contributed by atoms with Crippen LogP contribution in [0.3, 0.4) is 0 Å². The maximum absolute atomic E-state index is 5.35. The molecule has 0 aromatic carbocycles. The van der Waals surface area contributed by atoms with Crippen LogP contribution in [-0.4, -0.2) is 25.8 Å². The Bertz CT molecular complexity index is 162. The summed E-state index contributed by atoms with van der Waals surface area (Å²) in [5, 5.41) is 3.67. The van der Waals surface area contributed by atoms with Crippen LogP contribution in [0.1, 0.15) is 39.0 Å². The highest BCUT2D eigenvalue weighted by Gasteiger charge is 2.23. The lowest BCUT2D eigenvalue weighted by molar-refractivity contribution is 0.0655. The smallest absolute Gasteiger partial charge is 0.0469 e. The van der Waals surface area contributed by atoms with Crippen LogP contribution in [0.15, 0.2) is 0 Å². The zero-order chi connectivity index (χ0) is 9.80. The summed E-state index contributed by atoms with van der Waals surface area (Å²) in [5.41, 5.74) is 0. The van der Waals surface area contributed by atoms with Crippen molar-refractivity contribution in [2.45, 2.75) is 45.1 Å². The monoisotopic (exact) mass is 197 g/mol. The molecule has 1 atom stereocenters. The van der Waals surface area contributed by atoms with Crippen molar-refractivity contribution in [2.75, 3.05) is 19.8 Å². The van der Waals surface area contributed by atoms with E-state index in [1.807, 2.05) is 0 Å². The number of ether oxygens (including phenoxy) is 1. The van der Waals surface area contributed by atoms with E-state index < -0.39 is 0 Å². The first-order chi connectivity index (χ1) is 6.84. The average Bonchev–Trinajstić information content (AvgIpc) is 3.00. The van der Waals surface area contributed by atoms with Crippen LogP contribution in [0, 0.1) is 11.8 Å². The highest BCUT2D eigenvalue weighted by molar-refractivity contribution is 4.78. The summed E-state index contributed by atoms with van der Waals surface area (Å²) in [6, 6.07) is 0.727. The molecule has 0 amide bonds. The fourth-order valence-corrected chi connectivity index (χ4v) is 2.26. The Hall–Kier alpha value is -0.0800. The Kier molecular flexibility index (Phi) is 3.82. The molecule has 0 aromatic heterocycles. The molecule has 82 valence electrons. The van der Waals surface area contributed by atoms with Crippen molar-refractivity contribution >= 4 is 0 Å². The average molecular weight is 197 g/mol. The lowest BCUT2D eigenvalue weighted by Gasteiger charge is -2.24. The minimum atomic E-state index is 0.727. The molecule has 2 aliphatic rings. The third kappa shape index (κ3) is 3.58. The molecule has 2 nitrogen and oxygen atoms in total. The number of hydrogen-bond acceptors (Lipinski definition) is 2. The second kappa shape index (κ2) is 5.13. The van der Waals surface area contributed by atoms with Crippen molar-refractivity contribution in [2.24, 2.45) is 11.8 Å². The van der Waals surface area contributed by atoms with Gasteiger partial charge in [0.2, 0.25) is 0 Å². The first-order valence-electron chi connectivity index (χ1n) is 6.15. The lowest BCUT2D eigenvalue weighted by atomic mass is 10.00. The predicted octanol–water partition coefficient (Wildman–Crippen LogP) is 2.19. The molecule has 1 aliphatic carbocycles. The van der Waals surface area contributed by atoms with E-state index >= 15 is 0 Å². The van der Waals surface area contributed by atoms with Gasteiger partial charge < -0.3 is 10.1 Å². The predicted molar refractivity (Wildman–Crippen MR) is 58.3 cm³/mol. The number of hydrogen-bond donors (Lipinski definition) is 1. The van der Waals surface area contributed by atoms with Crippen LogP contribution < -0.4 is 5.32 Å². The van der Waals surface area contributed by atoms with E-state index in [0.717, 1.165) is 31.1 Å². The SMILES string of the molecule is CC(CC1CC1)NCC1CCOCC1. The van der Waals surface area contributed by atoms with E-state index in [0.29, 0.717) is 0 Å². The molecule has 0 bridgehead atoms. The molecule has 1 aliphatic heterocycles. The third-order valence-corrected chi connectivity index (χ3v) is 3.48. The van der Waals surface area contributed by atoms with Crippen LogP contribution >= 0.6 is 0 Å². The fourth-order valence-electron chi connectivity index (χ4n) is 2.26. The summed E-state index contributed by atoms with van der Waals surface area (Å²) in [7, 11) is 0. The number of nitrogens with one attached hydrogen (secondary N) is 1. The van der Waals surface area contributed by atoms with E-state index in [-0.39, 0.29) is 0 Å². The van der Waals surface area contributed by atoms with Crippen molar-refractivity contribution in [1.82, 2.24) is 5.32 Å². The zero-order valence-electron chi connectivity index (χ0n) is 9.30. The van der Waals surface area contributed by atoms with Crippen molar-refractivity contribution in [3.8, 4) is 0 Å². The summed E-state index contributed by atoms with van der Waals surface area (Å²) in [6.07, 6.45) is 6.85. The molecule has 1 saturated heterocycles. The largest absolute Gasteiger partial charge is 0.381 e. The molecule has 2 fully saturated rings. The Morgan fingerprint density at radius 1 is 1.14 bits per heavy atom. The first kappa shape index (κ1) is 10.4. The first-order valence-corrected chi connectivity index (χ1v) is 6.15. The summed E-state index contributed by atoms with van der Waals surface area (Å²) >= 11 is 0. The summed E-state index contributed by atoms with van der Waals surface area (Å²) in [4.78, 5) is 0. The Morgan fingerprint density at radius 3 is 2.50 bits per heavy atom. The molecule has 1 heterocycles. The molecule has 0 aromatic rings. The molecular formula is C12H23NO. The minimum Gasteiger partial charge on any atom is -0.381 e. The van der Waals surface area contributed by atoms with Gasteiger partial charge in [-0.3, -0.25) is 0 Å². The minimum absolute atomic E-state index is 0.727. The van der Waals surface area contributed by atoms with Crippen LogP contribution in [0.2, 0.25) is 0 Å². The van der Waals surface area contributed by atoms with Crippen LogP contribution in [0.5, 0.6) is 0 Å². The second-order valence-corrected chi connectivity index (χ2v) is 5.04. The molecule has 0 radical (unpaired) electrons. The quantitative estimate of drug-likeness (QED) is 0.729. The normalized spacial score (nSPS) is 26.4. The van der Waals surface area contributed by atoms with Gasteiger partial charge in [0, 0.05) is 19.3 Å². The van der Waals surface area contributed by atoms with Gasteiger partial charge in [0.05, 0.1) is 0 Å². The Balaban J connectivity index is 1.55. The van der Waals surface area contributed by atoms with E-state index in [4.69, 9.17) is 4.74 Å². The summed E-state index contributed by atoms with van der Waals surface area (Å²) in [5.74, 6) is 1.91. The van der Waals surface area contributed by atoms with Gasteiger partial charge in [-0.05, 0) is 44.6 Å². The Morgan fingerprint density at radius 2 is 1.86 bits per heavy atom. The van der Waals surface area contributed by atoms with Gasteiger partial charge in [-0.2, -0.15) is 0 Å². The summed E-state index contributed by atoms with van der Waals surface area (Å²) in [6.45, 7) is 5.49. The highest BCUT2D eigenvalue weighted by Crippen LogP contribution is 2.33. The van der Waals surface area contributed by atoms with Crippen LogP contribution in [-0.2, 0) is 4.74 Å². The topological polar surface area (TPSA) is 21.3 Å². The molecule has 1 saturated carbocycles. The molecule has 2 rings (SSSR count). The maximum atomic E-state index is 5.35. The van der Waals surface area contributed by atoms with Crippen molar-refractivity contribution in [3.05, 3.63) is 0 Å². The van der Waals surface area contributed by atoms with Crippen molar-refractivity contribution in [1.29, 1.82) is 0 Å². The zero-order valence-corrected chi connectivity index (χ0v) is 9.30. The van der Waals surface area contributed by atoms with Gasteiger partial charge >= 0.3 is 0 Å². The second-order valence-electron chi connectivity index (χ2n) is 5.04. The lowest BCUT2D eigenvalue weighted by Crippen LogP contribution is -2.33. The molecular weight excluding hydrogens is 174 g/mol. The third-order valence-electron chi connectivity index (χ3n) is 3.48.